The quantitative estimate of drug-likeness (QED) is 0.462. The summed E-state index contributed by atoms with van der Waals surface area (Å²) in [5.41, 5.74) is 1.57. The second-order valence-corrected chi connectivity index (χ2v) is 4.81. The van der Waals surface area contributed by atoms with Crippen molar-refractivity contribution in [3.05, 3.63) is 68.7 Å². The second-order valence-electron chi connectivity index (χ2n) is 4.11. The summed E-state index contributed by atoms with van der Waals surface area (Å²) in [5, 5.41) is 11.6. The fourth-order valence-electron chi connectivity index (χ4n) is 1.65. The minimum Gasteiger partial charge on any atom is -0.482 e. The molecule has 2 aromatic carbocycles. The molecule has 0 fully saturated rings. The van der Waals surface area contributed by atoms with E-state index in [4.69, 9.17) is 27.9 Å². The van der Waals surface area contributed by atoms with Crippen LogP contribution in [0.4, 0.5) is 5.69 Å². The van der Waals surface area contributed by atoms with Crippen molar-refractivity contribution in [2.24, 2.45) is 0 Å². The van der Waals surface area contributed by atoms with Crippen LogP contribution in [0.3, 0.4) is 0 Å². The fraction of sp³-hybridized carbons (Fsp3) is 0.143. The molecule has 0 unspecified atom stereocenters. The van der Waals surface area contributed by atoms with Gasteiger partial charge in [-0.25, -0.2) is 0 Å². The Morgan fingerprint density at radius 2 is 1.75 bits per heavy atom. The van der Waals surface area contributed by atoms with Crippen LogP contribution in [0.25, 0.3) is 0 Å². The molecule has 0 aliphatic carbocycles. The van der Waals surface area contributed by atoms with E-state index in [1.807, 2.05) is 0 Å². The summed E-state index contributed by atoms with van der Waals surface area (Å²) >= 11 is 11.5. The lowest BCUT2D eigenvalue weighted by Gasteiger charge is -2.08. The van der Waals surface area contributed by atoms with Gasteiger partial charge in [-0.3, -0.25) is 10.1 Å². The van der Waals surface area contributed by atoms with E-state index in [1.54, 1.807) is 36.4 Å². The van der Waals surface area contributed by atoms with Gasteiger partial charge < -0.3 is 4.74 Å². The van der Waals surface area contributed by atoms with Gasteiger partial charge in [-0.1, -0.05) is 29.8 Å². The van der Waals surface area contributed by atoms with Crippen molar-refractivity contribution in [2.45, 2.75) is 12.5 Å². The maximum atomic E-state index is 11.0. The molecule has 20 heavy (non-hydrogen) atoms. The van der Waals surface area contributed by atoms with Crippen LogP contribution in [0.15, 0.2) is 42.5 Å². The highest BCUT2D eigenvalue weighted by Crippen LogP contribution is 2.29. The van der Waals surface area contributed by atoms with Gasteiger partial charge in [0.15, 0.2) is 5.75 Å². The summed E-state index contributed by atoms with van der Waals surface area (Å²) in [6.07, 6.45) is 0. The van der Waals surface area contributed by atoms with Crippen molar-refractivity contribution in [1.82, 2.24) is 0 Å². The van der Waals surface area contributed by atoms with E-state index in [0.29, 0.717) is 5.02 Å². The number of rotatable bonds is 5. The maximum Gasteiger partial charge on any atom is 0.310 e. The summed E-state index contributed by atoms with van der Waals surface area (Å²) in [6.45, 7) is 0.226. The average Bonchev–Trinajstić information content (AvgIpc) is 2.46. The predicted molar refractivity (Wildman–Crippen MR) is 78.4 cm³/mol. The van der Waals surface area contributed by atoms with E-state index in [2.05, 4.69) is 0 Å². The minimum absolute atomic E-state index is 0.0761. The zero-order chi connectivity index (χ0) is 14.5. The molecule has 6 heteroatoms. The van der Waals surface area contributed by atoms with Gasteiger partial charge in [0, 0.05) is 17.0 Å². The molecule has 0 aromatic heterocycles. The normalized spacial score (nSPS) is 10.3. The van der Waals surface area contributed by atoms with Crippen molar-refractivity contribution < 1.29 is 9.66 Å². The molecule has 0 bridgehead atoms. The predicted octanol–water partition coefficient (Wildman–Crippen LogP) is 4.57. The summed E-state index contributed by atoms with van der Waals surface area (Å²) in [5.74, 6) is 0.484. The summed E-state index contributed by atoms with van der Waals surface area (Å²) in [7, 11) is 0. The number of ether oxygens (including phenoxy) is 1. The first-order valence-electron chi connectivity index (χ1n) is 5.80. The number of nitro benzene ring substituents is 1. The number of alkyl halides is 1. The molecule has 0 saturated carbocycles. The molecule has 0 aliphatic rings. The first-order valence-corrected chi connectivity index (χ1v) is 6.72. The third-order valence-corrected chi connectivity index (χ3v) is 3.24. The Morgan fingerprint density at radius 3 is 2.35 bits per heavy atom. The zero-order valence-electron chi connectivity index (χ0n) is 10.4. The molecule has 0 amide bonds. The van der Waals surface area contributed by atoms with Gasteiger partial charge in [0.1, 0.15) is 6.61 Å². The van der Waals surface area contributed by atoms with Crippen LogP contribution in [-0.2, 0) is 12.5 Å². The average molecular weight is 312 g/mol. The van der Waals surface area contributed by atoms with Crippen LogP contribution in [0.1, 0.15) is 11.1 Å². The lowest BCUT2D eigenvalue weighted by atomic mass is 10.2. The molecule has 0 saturated heterocycles. The van der Waals surface area contributed by atoms with Gasteiger partial charge in [0.2, 0.25) is 0 Å². The van der Waals surface area contributed by atoms with E-state index in [0.717, 1.165) is 11.1 Å². The van der Waals surface area contributed by atoms with E-state index in [9.17, 15) is 10.1 Å². The van der Waals surface area contributed by atoms with Gasteiger partial charge in [0.05, 0.1) is 4.92 Å². The molecule has 2 rings (SSSR count). The number of nitrogens with zero attached hydrogens (tertiary/aromatic N) is 1. The third kappa shape index (κ3) is 3.62. The highest BCUT2D eigenvalue weighted by molar-refractivity contribution is 6.30. The largest absolute Gasteiger partial charge is 0.482 e. The lowest BCUT2D eigenvalue weighted by molar-refractivity contribution is -0.386. The summed E-state index contributed by atoms with van der Waals surface area (Å²) in [4.78, 5) is 10.5. The first kappa shape index (κ1) is 14.6. The lowest BCUT2D eigenvalue weighted by Crippen LogP contribution is -1.99. The highest BCUT2D eigenvalue weighted by Gasteiger charge is 2.15. The van der Waals surface area contributed by atoms with Gasteiger partial charge in [0.25, 0.3) is 0 Å². The number of hydrogen-bond donors (Lipinski definition) is 0. The molecular weight excluding hydrogens is 301 g/mol. The molecule has 2 aromatic rings. The van der Waals surface area contributed by atoms with Crippen LogP contribution in [0, 0.1) is 10.1 Å². The Labute approximate surface area is 126 Å². The number of hydrogen-bond acceptors (Lipinski definition) is 3. The van der Waals surface area contributed by atoms with E-state index in [-0.39, 0.29) is 23.9 Å². The van der Waals surface area contributed by atoms with Crippen molar-refractivity contribution in [3.8, 4) is 5.75 Å². The van der Waals surface area contributed by atoms with Crippen LogP contribution >= 0.6 is 23.2 Å². The maximum absolute atomic E-state index is 11.0. The van der Waals surface area contributed by atoms with Crippen molar-refractivity contribution >= 4 is 28.9 Å². The minimum atomic E-state index is -0.477. The Balaban J connectivity index is 2.18. The first-order chi connectivity index (χ1) is 9.60. The molecule has 104 valence electrons. The molecule has 0 spiro atoms. The van der Waals surface area contributed by atoms with Crippen molar-refractivity contribution in [1.29, 1.82) is 0 Å². The molecule has 4 nitrogen and oxygen atoms in total. The molecule has 0 aliphatic heterocycles. The Hall–Kier alpha value is -1.78. The van der Waals surface area contributed by atoms with Crippen molar-refractivity contribution in [2.75, 3.05) is 0 Å². The summed E-state index contributed by atoms with van der Waals surface area (Å²) in [6, 6.07) is 11.7. The molecule has 0 atom stereocenters. The second kappa shape index (κ2) is 6.59. The zero-order valence-corrected chi connectivity index (χ0v) is 11.9. The standard InChI is InChI=1S/C14H11Cl2NO3/c15-8-11-3-6-13(17(18)19)14(7-11)20-9-10-1-4-12(16)5-2-10/h1-7H,8-9H2. The van der Waals surface area contributed by atoms with Crippen LogP contribution in [-0.4, -0.2) is 4.92 Å². The number of halogens is 2. The van der Waals surface area contributed by atoms with Crippen LogP contribution in [0.5, 0.6) is 5.75 Å². The third-order valence-electron chi connectivity index (χ3n) is 2.68. The van der Waals surface area contributed by atoms with E-state index in [1.165, 1.54) is 6.07 Å². The Morgan fingerprint density at radius 1 is 1.10 bits per heavy atom. The molecule has 0 N–H and O–H groups in total. The number of benzene rings is 2. The van der Waals surface area contributed by atoms with Gasteiger partial charge in [-0.2, -0.15) is 0 Å². The van der Waals surface area contributed by atoms with Crippen LogP contribution < -0.4 is 4.74 Å². The van der Waals surface area contributed by atoms with Gasteiger partial charge in [-0.05, 0) is 29.3 Å². The smallest absolute Gasteiger partial charge is 0.310 e. The van der Waals surface area contributed by atoms with E-state index >= 15 is 0 Å². The van der Waals surface area contributed by atoms with Crippen LogP contribution in [0.2, 0.25) is 5.02 Å². The highest BCUT2D eigenvalue weighted by atomic mass is 35.5. The van der Waals surface area contributed by atoms with Crippen molar-refractivity contribution in [3.63, 3.8) is 0 Å². The molecule has 0 heterocycles. The summed E-state index contributed by atoms with van der Waals surface area (Å²) < 4.78 is 5.52. The van der Waals surface area contributed by atoms with Gasteiger partial charge in [-0.15, -0.1) is 11.6 Å². The fourth-order valence-corrected chi connectivity index (χ4v) is 1.94. The Kier molecular flexibility index (Phi) is 4.82. The Bertz CT molecular complexity index is 614. The van der Waals surface area contributed by atoms with Gasteiger partial charge >= 0.3 is 5.69 Å². The SMILES string of the molecule is O=[N+]([O-])c1ccc(CCl)cc1OCc1ccc(Cl)cc1. The molecule has 0 radical (unpaired) electrons. The monoisotopic (exact) mass is 311 g/mol. The van der Waals surface area contributed by atoms with E-state index < -0.39 is 4.92 Å². The number of nitro groups is 1. The topological polar surface area (TPSA) is 52.4 Å². The molecular formula is C14H11Cl2NO3.